The predicted molar refractivity (Wildman–Crippen MR) is 63.5 cm³/mol. The highest BCUT2D eigenvalue weighted by Gasteiger charge is 2.01. The number of azide groups is 1. The van der Waals surface area contributed by atoms with Gasteiger partial charge in [0.05, 0.1) is 12.1 Å². The molecule has 1 aromatic heterocycles. The minimum Gasteiger partial charge on any atom is -0.481 e. The third kappa shape index (κ3) is 3.81. The molecule has 0 unspecified atom stereocenters. The van der Waals surface area contributed by atoms with E-state index in [9.17, 15) is 0 Å². The third-order valence-corrected chi connectivity index (χ3v) is 2.00. The second-order valence-corrected chi connectivity index (χ2v) is 3.33. The van der Waals surface area contributed by atoms with Crippen molar-refractivity contribution in [2.45, 2.75) is 6.42 Å². The molecule has 0 atom stereocenters. The normalized spacial score (nSPS) is 10.1. The third-order valence-electron chi connectivity index (χ3n) is 1.80. The van der Waals surface area contributed by atoms with Gasteiger partial charge in [-0.1, -0.05) is 28.9 Å². The zero-order valence-electron chi connectivity index (χ0n) is 8.80. The quantitative estimate of drug-likeness (QED) is 0.341. The van der Waals surface area contributed by atoms with Crippen molar-refractivity contribution in [3.05, 3.63) is 39.4 Å². The molecule has 1 rings (SSSR count). The average molecular weight is 239 g/mol. The molecule has 0 aliphatic rings. The number of pyridine rings is 1. The van der Waals surface area contributed by atoms with Crippen LogP contribution in [0.3, 0.4) is 0 Å². The van der Waals surface area contributed by atoms with Crippen LogP contribution in [-0.2, 0) is 0 Å². The van der Waals surface area contributed by atoms with E-state index < -0.39 is 0 Å². The summed E-state index contributed by atoms with van der Waals surface area (Å²) in [5.41, 5.74) is 8.89. The number of hydrogen-bond donors (Lipinski definition) is 0. The van der Waals surface area contributed by atoms with E-state index in [2.05, 4.69) is 15.0 Å². The van der Waals surface area contributed by atoms with Crippen LogP contribution in [0.15, 0.2) is 23.5 Å². The molecular weight excluding hydrogens is 228 g/mol. The van der Waals surface area contributed by atoms with E-state index in [1.807, 2.05) is 12.2 Å². The number of nitrogens with zero attached hydrogens (tertiary/aromatic N) is 4. The highest BCUT2D eigenvalue weighted by molar-refractivity contribution is 6.30. The lowest BCUT2D eigenvalue weighted by Crippen LogP contribution is -1.90. The van der Waals surface area contributed by atoms with Crippen LogP contribution in [0.1, 0.15) is 12.0 Å². The molecule has 0 fully saturated rings. The summed E-state index contributed by atoms with van der Waals surface area (Å²) in [6.07, 6.45) is 5.91. The number of ether oxygens (including phenoxy) is 1. The molecule has 0 radical (unpaired) electrons. The zero-order valence-corrected chi connectivity index (χ0v) is 9.55. The predicted octanol–water partition coefficient (Wildman–Crippen LogP) is 3.46. The highest BCUT2D eigenvalue weighted by Crippen LogP contribution is 2.20. The summed E-state index contributed by atoms with van der Waals surface area (Å²) in [7, 11) is 1.55. The van der Waals surface area contributed by atoms with Gasteiger partial charge >= 0.3 is 0 Å². The first-order valence-corrected chi connectivity index (χ1v) is 5.02. The molecule has 5 nitrogen and oxygen atoms in total. The zero-order chi connectivity index (χ0) is 11.8. The van der Waals surface area contributed by atoms with Crippen LogP contribution >= 0.6 is 11.6 Å². The summed E-state index contributed by atoms with van der Waals surface area (Å²) in [6.45, 7) is 0.434. The standard InChI is InChI=1S/C10H11ClN4O/c1-16-10-8(6-9(11)7-13-10)4-2-3-5-14-15-12/h2,4,6-7H,3,5H2,1H3. The first-order chi connectivity index (χ1) is 7.77. The monoisotopic (exact) mass is 238 g/mol. The molecule has 1 aromatic rings. The minimum atomic E-state index is 0.434. The molecule has 0 aliphatic heterocycles. The van der Waals surface area contributed by atoms with Gasteiger partial charge in [-0.15, -0.1) is 0 Å². The summed E-state index contributed by atoms with van der Waals surface area (Å²) in [5, 5.41) is 3.97. The fraction of sp³-hybridized carbons (Fsp3) is 0.300. The van der Waals surface area contributed by atoms with Crippen molar-refractivity contribution < 1.29 is 4.74 Å². The number of methoxy groups -OCH3 is 1. The Kier molecular flexibility index (Phi) is 5.19. The van der Waals surface area contributed by atoms with Gasteiger partial charge in [-0.25, -0.2) is 4.98 Å². The lowest BCUT2D eigenvalue weighted by atomic mass is 10.2. The Hall–Kier alpha value is -1.71. The van der Waals surface area contributed by atoms with Gasteiger partial charge in [0.15, 0.2) is 0 Å². The Bertz CT molecular complexity index is 427. The van der Waals surface area contributed by atoms with E-state index in [1.54, 1.807) is 13.2 Å². The van der Waals surface area contributed by atoms with E-state index in [-0.39, 0.29) is 0 Å². The van der Waals surface area contributed by atoms with E-state index in [4.69, 9.17) is 21.9 Å². The van der Waals surface area contributed by atoms with Crippen molar-refractivity contribution in [3.63, 3.8) is 0 Å². The fourth-order valence-electron chi connectivity index (χ4n) is 1.12. The Labute approximate surface area is 98.3 Å². The van der Waals surface area contributed by atoms with Gasteiger partial charge < -0.3 is 4.74 Å². The maximum atomic E-state index is 8.09. The van der Waals surface area contributed by atoms with E-state index in [0.717, 1.165) is 5.56 Å². The van der Waals surface area contributed by atoms with Crippen LogP contribution in [0.4, 0.5) is 0 Å². The number of halogens is 1. The van der Waals surface area contributed by atoms with Gasteiger partial charge in [0.1, 0.15) is 0 Å². The topological polar surface area (TPSA) is 70.9 Å². The Morgan fingerprint density at radius 2 is 2.50 bits per heavy atom. The van der Waals surface area contributed by atoms with Crippen molar-refractivity contribution >= 4 is 17.7 Å². The molecule has 0 saturated heterocycles. The van der Waals surface area contributed by atoms with Crippen molar-refractivity contribution in [1.29, 1.82) is 0 Å². The summed E-state index contributed by atoms with van der Waals surface area (Å²) >= 11 is 5.82. The lowest BCUT2D eigenvalue weighted by molar-refractivity contribution is 0.397. The molecular formula is C10H11ClN4O. The van der Waals surface area contributed by atoms with Gasteiger partial charge in [0.2, 0.25) is 5.88 Å². The lowest BCUT2D eigenvalue weighted by Gasteiger charge is -2.02. The molecule has 6 heteroatoms. The largest absolute Gasteiger partial charge is 0.481 e. The van der Waals surface area contributed by atoms with Crippen LogP contribution in [-0.4, -0.2) is 18.6 Å². The van der Waals surface area contributed by atoms with Crippen molar-refractivity contribution in [2.24, 2.45) is 5.11 Å². The first kappa shape index (κ1) is 12.4. The van der Waals surface area contributed by atoms with Gasteiger partial charge in [0, 0.05) is 23.2 Å². The summed E-state index contributed by atoms with van der Waals surface area (Å²) in [6, 6.07) is 1.76. The molecule has 0 aliphatic carbocycles. The van der Waals surface area contributed by atoms with Crippen molar-refractivity contribution in [3.8, 4) is 5.88 Å². The summed E-state index contributed by atoms with van der Waals surface area (Å²) in [4.78, 5) is 6.69. The molecule has 0 aromatic carbocycles. The SMILES string of the molecule is COc1ncc(Cl)cc1C=CCCN=[N+]=[N-]. The second-order valence-electron chi connectivity index (χ2n) is 2.90. The van der Waals surface area contributed by atoms with E-state index in [0.29, 0.717) is 23.9 Å². The summed E-state index contributed by atoms with van der Waals surface area (Å²) < 4.78 is 5.08. The number of hydrogen-bond acceptors (Lipinski definition) is 3. The average Bonchev–Trinajstić information content (AvgIpc) is 2.29. The van der Waals surface area contributed by atoms with Crippen LogP contribution in [0.2, 0.25) is 5.02 Å². The Morgan fingerprint density at radius 1 is 1.69 bits per heavy atom. The van der Waals surface area contributed by atoms with E-state index in [1.165, 1.54) is 6.20 Å². The van der Waals surface area contributed by atoms with Gasteiger partial charge in [-0.3, -0.25) is 0 Å². The molecule has 84 valence electrons. The second kappa shape index (κ2) is 6.71. The Balaban J connectivity index is 2.71. The highest BCUT2D eigenvalue weighted by atomic mass is 35.5. The number of aromatic nitrogens is 1. The molecule has 0 spiro atoms. The van der Waals surface area contributed by atoms with Crippen LogP contribution in [0.25, 0.3) is 16.5 Å². The van der Waals surface area contributed by atoms with Gasteiger partial charge in [-0.05, 0) is 18.0 Å². The fourth-order valence-corrected chi connectivity index (χ4v) is 1.29. The minimum absolute atomic E-state index is 0.434. The summed E-state index contributed by atoms with van der Waals surface area (Å²) in [5.74, 6) is 0.518. The first-order valence-electron chi connectivity index (χ1n) is 4.65. The van der Waals surface area contributed by atoms with E-state index >= 15 is 0 Å². The molecule has 0 saturated carbocycles. The van der Waals surface area contributed by atoms with Crippen LogP contribution < -0.4 is 4.74 Å². The molecule has 0 N–H and O–H groups in total. The molecule has 0 amide bonds. The van der Waals surface area contributed by atoms with Crippen molar-refractivity contribution in [2.75, 3.05) is 13.7 Å². The molecule has 0 bridgehead atoms. The Morgan fingerprint density at radius 3 is 3.19 bits per heavy atom. The van der Waals surface area contributed by atoms with Gasteiger partial charge in [-0.2, -0.15) is 0 Å². The molecule has 1 heterocycles. The maximum absolute atomic E-state index is 8.09. The smallest absolute Gasteiger partial charge is 0.220 e. The maximum Gasteiger partial charge on any atom is 0.220 e. The molecule has 16 heavy (non-hydrogen) atoms. The van der Waals surface area contributed by atoms with Crippen LogP contribution in [0.5, 0.6) is 5.88 Å². The van der Waals surface area contributed by atoms with Crippen molar-refractivity contribution in [1.82, 2.24) is 4.98 Å². The van der Waals surface area contributed by atoms with Gasteiger partial charge in [0.25, 0.3) is 0 Å². The number of rotatable bonds is 5. The van der Waals surface area contributed by atoms with Crippen LogP contribution in [0, 0.1) is 0 Å².